The molecule has 4 nitrogen and oxygen atoms in total. The number of hydrogen-bond donors (Lipinski definition) is 0. The molecule has 0 unspecified atom stereocenters. The second-order valence-corrected chi connectivity index (χ2v) is 4.63. The van der Waals surface area contributed by atoms with Gasteiger partial charge in [-0.15, -0.1) is 0 Å². The number of carbonyl (C=O) groups excluding carboxylic acids is 1. The van der Waals surface area contributed by atoms with Crippen LogP contribution in [-0.4, -0.2) is 22.7 Å². The van der Waals surface area contributed by atoms with Crippen LogP contribution in [0.4, 0.5) is 4.39 Å². The number of ketones is 1. The lowest BCUT2D eigenvalue weighted by atomic mass is 10.0. The fourth-order valence-electron chi connectivity index (χ4n) is 2.13. The minimum atomic E-state index is -0.422. The van der Waals surface area contributed by atoms with Gasteiger partial charge >= 0.3 is 0 Å². The molecule has 0 saturated heterocycles. The summed E-state index contributed by atoms with van der Waals surface area (Å²) in [5.74, 6) is -0.297. The third-order valence-corrected chi connectivity index (χ3v) is 2.98. The van der Waals surface area contributed by atoms with Crippen LogP contribution in [0.5, 0.6) is 5.75 Å². The molecule has 0 aliphatic rings. The molecule has 0 radical (unpaired) electrons. The first-order valence-corrected chi connectivity index (χ1v) is 6.48. The normalized spacial score (nSPS) is 10.6. The van der Waals surface area contributed by atoms with E-state index >= 15 is 0 Å². The molecule has 1 aromatic heterocycles. The van der Waals surface area contributed by atoms with Gasteiger partial charge in [-0.1, -0.05) is 6.92 Å². The summed E-state index contributed by atoms with van der Waals surface area (Å²) in [5.41, 5.74) is 1.37. The van der Waals surface area contributed by atoms with Gasteiger partial charge in [-0.3, -0.25) is 9.48 Å². The molecular weight excluding hydrogens is 259 g/mol. The number of methoxy groups -OCH3 is 1. The van der Waals surface area contributed by atoms with Crippen LogP contribution >= 0.6 is 0 Å². The van der Waals surface area contributed by atoms with Gasteiger partial charge in [-0.2, -0.15) is 5.10 Å². The quantitative estimate of drug-likeness (QED) is 0.789. The van der Waals surface area contributed by atoms with Crippen molar-refractivity contribution in [2.75, 3.05) is 7.11 Å². The number of aryl methyl sites for hydroxylation is 2. The Hall–Kier alpha value is -2.17. The van der Waals surface area contributed by atoms with Crippen LogP contribution in [0.1, 0.15) is 35.0 Å². The van der Waals surface area contributed by atoms with E-state index in [0.29, 0.717) is 29.1 Å². The van der Waals surface area contributed by atoms with Crippen molar-refractivity contribution in [3.05, 3.63) is 47.0 Å². The molecule has 20 heavy (non-hydrogen) atoms. The smallest absolute Gasteiger partial charge is 0.214 e. The molecule has 106 valence electrons. The molecule has 0 saturated carbocycles. The SMILES string of the molecule is CCCn1ncc(OC)c1C(=O)c1cc(C)cc(F)c1. The zero-order valence-corrected chi connectivity index (χ0v) is 11.8. The number of benzene rings is 1. The van der Waals surface area contributed by atoms with Crippen LogP contribution in [0, 0.1) is 12.7 Å². The van der Waals surface area contributed by atoms with Crippen molar-refractivity contribution < 1.29 is 13.9 Å². The number of hydrogen-bond acceptors (Lipinski definition) is 3. The number of rotatable bonds is 5. The van der Waals surface area contributed by atoms with Crippen molar-refractivity contribution >= 4 is 5.78 Å². The molecule has 2 rings (SSSR count). The summed E-state index contributed by atoms with van der Waals surface area (Å²) < 4.78 is 20.2. The molecular formula is C15H17FN2O2. The molecule has 0 amide bonds. The minimum absolute atomic E-state index is 0.282. The van der Waals surface area contributed by atoms with Crippen LogP contribution in [0.15, 0.2) is 24.4 Å². The van der Waals surface area contributed by atoms with Crippen LogP contribution in [0.25, 0.3) is 0 Å². The molecule has 0 fully saturated rings. The Morgan fingerprint density at radius 1 is 1.40 bits per heavy atom. The first-order chi connectivity index (χ1) is 9.56. The zero-order chi connectivity index (χ0) is 14.7. The van der Waals surface area contributed by atoms with Crippen molar-refractivity contribution in [3.63, 3.8) is 0 Å². The van der Waals surface area contributed by atoms with Crippen molar-refractivity contribution in [2.24, 2.45) is 0 Å². The maximum Gasteiger partial charge on any atom is 0.214 e. The highest BCUT2D eigenvalue weighted by Crippen LogP contribution is 2.22. The second-order valence-electron chi connectivity index (χ2n) is 4.63. The summed E-state index contributed by atoms with van der Waals surface area (Å²) in [6.07, 6.45) is 2.35. The van der Waals surface area contributed by atoms with Crippen LogP contribution in [-0.2, 0) is 6.54 Å². The number of nitrogens with zero attached hydrogens (tertiary/aromatic N) is 2. The van der Waals surface area contributed by atoms with Gasteiger partial charge in [0.05, 0.1) is 13.3 Å². The van der Waals surface area contributed by atoms with Crippen molar-refractivity contribution in [1.29, 1.82) is 0 Å². The summed E-state index contributed by atoms with van der Waals surface area (Å²) in [7, 11) is 1.49. The van der Waals surface area contributed by atoms with E-state index in [1.807, 2.05) is 6.92 Å². The first kappa shape index (κ1) is 14.2. The maximum atomic E-state index is 13.5. The number of halogens is 1. The van der Waals surface area contributed by atoms with Gasteiger partial charge in [-0.05, 0) is 37.1 Å². The third-order valence-electron chi connectivity index (χ3n) is 2.98. The fourth-order valence-corrected chi connectivity index (χ4v) is 2.13. The summed E-state index contributed by atoms with van der Waals surface area (Å²) >= 11 is 0. The molecule has 0 bridgehead atoms. The van der Waals surface area contributed by atoms with E-state index in [4.69, 9.17) is 4.74 Å². The Labute approximate surface area is 117 Å². The van der Waals surface area contributed by atoms with Gasteiger partial charge < -0.3 is 4.74 Å². The summed E-state index contributed by atoms with van der Waals surface area (Å²) in [4.78, 5) is 12.6. The molecule has 1 heterocycles. The largest absolute Gasteiger partial charge is 0.493 e. The third kappa shape index (κ3) is 2.71. The molecule has 0 spiro atoms. The van der Waals surface area contributed by atoms with Gasteiger partial charge in [0.25, 0.3) is 0 Å². The summed E-state index contributed by atoms with van der Waals surface area (Å²) in [6, 6.07) is 4.28. The Morgan fingerprint density at radius 3 is 2.75 bits per heavy atom. The van der Waals surface area contributed by atoms with Crippen molar-refractivity contribution in [3.8, 4) is 5.75 Å². The van der Waals surface area contributed by atoms with E-state index in [2.05, 4.69) is 5.10 Å². The number of aromatic nitrogens is 2. The van der Waals surface area contributed by atoms with Crippen molar-refractivity contribution in [2.45, 2.75) is 26.8 Å². The van der Waals surface area contributed by atoms with E-state index in [9.17, 15) is 9.18 Å². The lowest BCUT2D eigenvalue weighted by Crippen LogP contribution is -2.13. The van der Waals surface area contributed by atoms with E-state index in [1.54, 1.807) is 17.7 Å². The average Bonchev–Trinajstić information content (AvgIpc) is 2.80. The molecule has 2 aromatic rings. The minimum Gasteiger partial charge on any atom is -0.493 e. The molecule has 0 atom stereocenters. The highest BCUT2D eigenvalue weighted by atomic mass is 19.1. The average molecular weight is 276 g/mol. The fraction of sp³-hybridized carbons (Fsp3) is 0.333. The standard InChI is InChI=1S/C15H17FN2O2/c1-4-5-18-14(13(20-3)9-17-18)15(19)11-6-10(2)7-12(16)8-11/h6-9H,4-5H2,1-3H3. The maximum absolute atomic E-state index is 13.5. The van der Waals surface area contributed by atoms with E-state index in [0.717, 1.165) is 6.42 Å². The van der Waals surface area contributed by atoms with E-state index < -0.39 is 5.82 Å². The number of ether oxygens (including phenoxy) is 1. The molecule has 0 N–H and O–H groups in total. The lowest BCUT2D eigenvalue weighted by Gasteiger charge is -2.08. The predicted octanol–water partition coefficient (Wildman–Crippen LogP) is 2.98. The van der Waals surface area contributed by atoms with Gasteiger partial charge in [0.1, 0.15) is 5.82 Å². The van der Waals surface area contributed by atoms with Gasteiger partial charge in [0.15, 0.2) is 11.4 Å². The van der Waals surface area contributed by atoms with Crippen LogP contribution in [0.2, 0.25) is 0 Å². The Morgan fingerprint density at radius 2 is 2.15 bits per heavy atom. The van der Waals surface area contributed by atoms with E-state index in [1.165, 1.54) is 25.4 Å². The molecule has 5 heteroatoms. The molecule has 1 aromatic carbocycles. The predicted molar refractivity (Wildman–Crippen MR) is 73.6 cm³/mol. The lowest BCUT2D eigenvalue weighted by molar-refractivity contribution is 0.102. The Balaban J connectivity index is 2.49. The zero-order valence-electron chi connectivity index (χ0n) is 11.8. The topological polar surface area (TPSA) is 44.1 Å². The van der Waals surface area contributed by atoms with Gasteiger partial charge in [0.2, 0.25) is 5.78 Å². The summed E-state index contributed by atoms with van der Waals surface area (Å²) in [5, 5.41) is 4.15. The van der Waals surface area contributed by atoms with E-state index in [-0.39, 0.29) is 5.78 Å². The van der Waals surface area contributed by atoms with Crippen LogP contribution < -0.4 is 4.74 Å². The second kappa shape index (κ2) is 5.86. The summed E-state index contributed by atoms with van der Waals surface area (Å²) in [6.45, 7) is 4.36. The van der Waals surface area contributed by atoms with Gasteiger partial charge in [-0.25, -0.2) is 4.39 Å². The Bertz CT molecular complexity index is 615. The monoisotopic (exact) mass is 276 g/mol. The Kier molecular flexibility index (Phi) is 4.17. The highest BCUT2D eigenvalue weighted by Gasteiger charge is 2.21. The van der Waals surface area contributed by atoms with Crippen LogP contribution in [0.3, 0.4) is 0 Å². The highest BCUT2D eigenvalue weighted by molar-refractivity contribution is 6.09. The number of carbonyl (C=O) groups is 1. The van der Waals surface area contributed by atoms with Gasteiger partial charge in [0, 0.05) is 12.1 Å². The first-order valence-electron chi connectivity index (χ1n) is 6.48. The molecule has 0 aliphatic carbocycles. The van der Waals surface area contributed by atoms with Crippen molar-refractivity contribution in [1.82, 2.24) is 9.78 Å². The molecule has 0 aliphatic heterocycles.